The van der Waals surface area contributed by atoms with Gasteiger partial charge in [-0.05, 0) is 34.0 Å². The first-order chi connectivity index (χ1) is 19.3. The van der Waals surface area contributed by atoms with Crippen LogP contribution in [0.3, 0.4) is 0 Å². The second kappa shape index (κ2) is 7.06. The Kier molecular flexibility index (Phi) is 2.65. The molecule has 32 heavy (non-hydrogen) atoms. The summed E-state index contributed by atoms with van der Waals surface area (Å²) < 4.78 is 88.6. The fourth-order valence-electron chi connectivity index (χ4n) is 3.75. The first kappa shape index (κ1) is 12.0. The van der Waals surface area contributed by atoms with Crippen molar-refractivity contribution >= 4 is 21.8 Å². The molecule has 0 fully saturated rings. The highest BCUT2D eigenvalue weighted by Gasteiger charge is 2.23. The molecule has 4 nitrogen and oxygen atoms in total. The SMILES string of the molecule is [2H]c1c([2H])c([2H])c2c(c1[2H])c(C(C)(C)C)c([2H])n2-c1cncc(-n2c([2H])c(C(C)(C)C)c3c([2H])c([2H])c([2H])c([2H])c32)n1. The highest BCUT2D eigenvalue weighted by molar-refractivity contribution is 5.87. The maximum atomic E-state index is 9.11. The van der Waals surface area contributed by atoms with E-state index in [9.17, 15) is 0 Å². The number of benzene rings is 2. The zero-order chi connectivity index (χ0) is 31.4. The van der Waals surface area contributed by atoms with Crippen LogP contribution in [0.15, 0.2) is 73.1 Å². The Bertz CT molecular complexity index is 1820. The molecule has 5 aromatic rings. The quantitative estimate of drug-likeness (QED) is 0.302. The van der Waals surface area contributed by atoms with Gasteiger partial charge in [0.15, 0.2) is 11.6 Å². The summed E-state index contributed by atoms with van der Waals surface area (Å²) in [6.07, 6.45) is 2.53. The molecule has 0 unspecified atom stereocenters. The lowest BCUT2D eigenvalue weighted by Gasteiger charge is -2.17. The Balaban J connectivity index is 1.93. The lowest BCUT2D eigenvalue weighted by molar-refractivity contribution is 0.594. The van der Waals surface area contributed by atoms with Gasteiger partial charge in [0.25, 0.3) is 0 Å². The molecule has 162 valence electrons. The molecule has 3 heterocycles. The first-order valence-electron chi connectivity index (χ1n) is 15.4. The molecule has 0 N–H and O–H groups in total. The monoisotopic (exact) mass is 432 g/mol. The van der Waals surface area contributed by atoms with Crippen molar-refractivity contribution in [3.05, 3.63) is 84.2 Å². The summed E-state index contributed by atoms with van der Waals surface area (Å²) in [7, 11) is 0. The van der Waals surface area contributed by atoms with Crippen LogP contribution in [0.25, 0.3) is 33.4 Å². The van der Waals surface area contributed by atoms with Gasteiger partial charge < -0.3 is 0 Å². The second-order valence-electron chi connectivity index (χ2n) is 9.83. The van der Waals surface area contributed by atoms with Gasteiger partial charge in [0.1, 0.15) is 0 Å². The van der Waals surface area contributed by atoms with Crippen molar-refractivity contribution < 1.29 is 13.7 Å². The van der Waals surface area contributed by atoms with Gasteiger partial charge in [-0.2, -0.15) is 0 Å². The molecule has 0 atom stereocenters. The van der Waals surface area contributed by atoms with Crippen LogP contribution in [0.5, 0.6) is 0 Å². The maximum Gasteiger partial charge on any atom is 0.158 e. The molecule has 0 radical (unpaired) electrons. The van der Waals surface area contributed by atoms with Crippen molar-refractivity contribution in [2.75, 3.05) is 0 Å². The van der Waals surface area contributed by atoms with Gasteiger partial charge in [0, 0.05) is 23.1 Å². The molecule has 0 saturated heterocycles. The minimum atomic E-state index is -0.667. The lowest BCUT2D eigenvalue weighted by atomic mass is 9.87. The Labute approximate surface area is 203 Å². The molecular weight excluding hydrogens is 392 g/mol. The standard InChI is InChI=1S/C28H30N4/c1-27(2,3)21-17-31(23-13-9-7-11-19(21)23)25-15-29-16-26(30-25)32-18-22(28(4,5)6)20-12-8-10-14-24(20)32/h7-18H,1-6H3/i7D,8D,9D,10D,11D,12D,13D,14D,17D,18D. The van der Waals surface area contributed by atoms with E-state index < -0.39 is 35.0 Å². The van der Waals surface area contributed by atoms with Gasteiger partial charge in [0.05, 0.1) is 37.1 Å². The number of hydrogen-bond donors (Lipinski definition) is 0. The van der Waals surface area contributed by atoms with E-state index in [1.54, 1.807) is 0 Å². The Morgan fingerprint density at radius 1 is 0.656 bits per heavy atom. The van der Waals surface area contributed by atoms with Crippen LogP contribution >= 0.6 is 0 Å². The Morgan fingerprint density at radius 3 is 1.47 bits per heavy atom. The smallest absolute Gasteiger partial charge is 0.158 e. The zero-order valence-electron chi connectivity index (χ0n) is 28.9. The average molecular weight is 433 g/mol. The molecule has 3 aromatic heterocycles. The van der Waals surface area contributed by atoms with Crippen molar-refractivity contribution in [1.82, 2.24) is 19.1 Å². The van der Waals surface area contributed by atoms with E-state index in [4.69, 9.17) is 13.7 Å². The predicted molar refractivity (Wildman–Crippen MR) is 133 cm³/mol. The molecule has 0 spiro atoms. The maximum absolute atomic E-state index is 9.11. The topological polar surface area (TPSA) is 35.6 Å². The van der Waals surface area contributed by atoms with E-state index >= 15 is 0 Å². The number of nitrogens with zero attached hydrogens (tertiary/aromatic N) is 4. The number of aromatic nitrogens is 4. The second-order valence-corrected chi connectivity index (χ2v) is 9.83. The Hall–Kier alpha value is -3.40. The summed E-state index contributed by atoms with van der Waals surface area (Å²) in [4.78, 5) is 9.00. The van der Waals surface area contributed by atoms with Crippen molar-refractivity contribution in [2.24, 2.45) is 0 Å². The third kappa shape index (κ3) is 3.31. The van der Waals surface area contributed by atoms with Crippen LogP contribution in [0.2, 0.25) is 0 Å². The van der Waals surface area contributed by atoms with E-state index in [-0.39, 0.29) is 70.0 Å². The molecule has 4 heteroatoms. The molecule has 0 aliphatic carbocycles. The lowest BCUT2D eigenvalue weighted by Crippen LogP contribution is -2.10. The van der Waals surface area contributed by atoms with Crippen molar-refractivity contribution in [1.29, 1.82) is 0 Å². The largest absolute Gasteiger partial charge is 0.300 e. The number of hydrogen-bond acceptors (Lipinski definition) is 2. The van der Waals surface area contributed by atoms with Gasteiger partial charge in [-0.25, -0.2) is 4.98 Å². The molecule has 5 rings (SSSR count). The van der Waals surface area contributed by atoms with E-state index in [1.807, 2.05) is 41.5 Å². The number of para-hydroxylation sites is 2. The van der Waals surface area contributed by atoms with Gasteiger partial charge in [-0.15, -0.1) is 0 Å². The summed E-state index contributed by atoms with van der Waals surface area (Å²) in [5.74, 6) is 0.116. The van der Waals surface area contributed by atoms with Gasteiger partial charge in [-0.3, -0.25) is 14.1 Å². The Morgan fingerprint density at radius 2 is 1.06 bits per heavy atom. The van der Waals surface area contributed by atoms with Crippen LogP contribution in [-0.2, 0) is 10.8 Å². The fourth-order valence-corrected chi connectivity index (χ4v) is 3.75. The zero-order valence-corrected chi connectivity index (χ0v) is 18.9. The first-order valence-corrected chi connectivity index (χ1v) is 10.4. The van der Waals surface area contributed by atoms with Crippen LogP contribution in [0.1, 0.15) is 66.4 Å². The summed E-state index contributed by atoms with van der Waals surface area (Å²) in [5.41, 5.74) is -0.368. The summed E-state index contributed by atoms with van der Waals surface area (Å²) in [6.45, 7) is 11.1. The average Bonchev–Trinajstić information content (AvgIpc) is 3.40. The van der Waals surface area contributed by atoms with Crippen LogP contribution in [0, 0.1) is 0 Å². The third-order valence-corrected chi connectivity index (χ3v) is 5.30. The molecule has 2 aromatic carbocycles. The van der Waals surface area contributed by atoms with E-state index in [2.05, 4.69) is 9.97 Å². The normalized spacial score (nSPS) is 17.1. The summed E-state index contributed by atoms with van der Waals surface area (Å²) >= 11 is 0. The summed E-state index contributed by atoms with van der Waals surface area (Å²) in [6, 6.07) is -2.91. The van der Waals surface area contributed by atoms with E-state index in [0.717, 1.165) is 0 Å². The van der Waals surface area contributed by atoms with Crippen LogP contribution < -0.4 is 0 Å². The van der Waals surface area contributed by atoms with Crippen molar-refractivity contribution in [2.45, 2.75) is 52.4 Å². The molecule has 0 amide bonds. The molecule has 0 bridgehead atoms. The van der Waals surface area contributed by atoms with Crippen LogP contribution in [-0.4, -0.2) is 19.1 Å². The molecular formula is C28H30N4. The van der Waals surface area contributed by atoms with Gasteiger partial charge in [0.2, 0.25) is 0 Å². The van der Waals surface area contributed by atoms with Crippen molar-refractivity contribution in [3.63, 3.8) is 0 Å². The summed E-state index contributed by atoms with van der Waals surface area (Å²) in [5, 5.41) is 0.421. The minimum Gasteiger partial charge on any atom is -0.300 e. The van der Waals surface area contributed by atoms with Gasteiger partial charge >= 0.3 is 0 Å². The number of fused-ring (bicyclic) bond motifs is 2. The molecule has 0 saturated carbocycles. The van der Waals surface area contributed by atoms with Crippen molar-refractivity contribution in [3.8, 4) is 11.6 Å². The van der Waals surface area contributed by atoms with E-state index in [1.165, 1.54) is 21.5 Å². The highest BCUT2D eigenvalue weighted by atomic mass is 15.1. The molecule has 0 aliphatic rings. The number of rotatable bonds is 2. The van der Waals surface area contributed by atoms with Gasteiger partial charge in [-0.1, -0.05) is 77.8 Å². The fraction of sp³-hybridized carbons (Fsp3) is 0.286. The highest BCUT2D eigenvalue weighted by Crippen LogP contribution is 2.35. The molecule has 0 aliphatic heterocycles. The van der Waals surface area contributed by atoms with Crippen LogP contribution in [0.4, 0.5) is 0 Å². The predicted octanol–water partition coefficient (Wildman–Crippen LogP) is 6.96. The third-order valence-electron chi connectivity index (χ3n) is 5.30. The van der Waals surface area contributed by atoms with E-state index in [0.29, 0.717) is 11.1 Å². The minimum absolute atomic E-state index is 0.0578.